The first-order valence-corrected chi connectivity index (χ1v) is 4.10. The van der Waals surface area contributed by atoms with Gasteiger partial charge in [-0.1, -0.05) is 36.4 Å². The highest BCUT2D eigenvalue weighted by atomic mass is 16.3. The molecule has 0 aromatic heterocycles. The van der Waals surface area contributed by atoms with Crippen molar-refractivity contribution >= 4 is 0 Å². The lowest BCUT2D eigenvalue weighted by Gasteiger charge is -1.99. The Morgan fingerprint density at radius 3 is 1.92 bits per heavy atom. The number of hydrogen-bond acceptors (Lipinski definition) is 0. The number of hydrogen-bond donors (Lipinski definition) is 0. The molecule has 2 rings (SSSR count). The highest BCUT2D eigenvalue weighted by Gasteiger charge is 1.95. The van der Waals surface area contributed by atoms with Crippen LogP contribution in [0.1, 0.15) is 0 Å². The van der Waals surface area contributed by atoms with E-state index < -0.39 is 0 Å². The van der Waals surface area contributed by atoms with E-state index in [1.807, 2.05) is 36.4 Å². The maximum Gasteiger partial charge on any atom is 0.178 e. The SMILES string of the molecule is [O]c1ccc(-c2cc[c]cc2)cc1. The molecule has 0 amide bonds. The van der Waals surface area contributed by atoms with Gasteiger partial charge in [0.25, 0.3) is 0 Å². The fourth-order valence-electron chi connectivity index (χ4n) is 1.23. The maximum absolute atomic E-state index is 10.8. The molecule has 0 saturated heterocycles. The van der Waals surface area contributed by atoms with Gasteiger partial charge in [0, 0.05) is 0 Å². The standard InChI is InChI=1S/C12H8O/c13-12-8-6-11(7-9-12)10-4-2-1-3-5-10/h2-9H. The van der Waals surface area contributed by atoms with Crippen molar-refractivity contribution in [1.82, 2.24) is 0 Å². The molecule has 0 aliphatic rings. The van der Waals surface area contributed by atoms with Gasteiger partial charge in [0.1, 0.15) is 0 Å². The first-order chi connectivity index (χ1) is 6.36. The highest BCUT2D eigenvalue weighted by Crippen LogP contribution is 2.21. The minimum Gasteiger partial charge on any atom is -0.290 e. The van der Waals surface area contributed by atoms with Gasteiger partial charge in [0.2, 0.25) is 0 Å². The number of rotatable bonds is 1. The Balaban J connectivity index is 2.42. The molecule has 0 N–H and O–H groups in total. The molecule has 1 heteroatoms. The van der Waals surface area contributed by atoms with Crippen LogP contribution < -0.4 is 0 Å². The molecule has 0 saturated carbocycles. The highest BCUT2D eigenvalue weighted by molar-refractivity contribution is 5.63. The fourth-order valence-corrected chi connectivity index (χ4v) is 1.23. The smallest absolute Gasteiger partial charge is 0.178 e. The normalized spacial score (nSPS) is 9.85. The van der Waals surface area contributed by atoms with Gasteiger partial charge in [0.05, 0.1) is 0 Å². The lowest BCUT2D eigenvalue weighted by atomic mass is 10.1. The van der Waals surface area contributed by atoms with Crippen molar-refractivity contribution in [3.8, 4) is 16.9 Å². The van der Waals surface area contributed by atoms with Crippen LogP contribution in [-0.2, 0) is 5.11 Å². The first-order valence-electron chi connectivity index (χ1n) is 4.10. The predicted octanol–water partition coefficient (Wildman–Crippen LogP) is 3.30. The topological polar surface area (TPSA) is 19.9 Å². The van der Waals surface area contributed by atoms with E-state index in [0.717, 1.165) is 11.1 Å². The Labute approximate surface area is 77.3 Å². The van der Waals surface area contributed by atoms with Crippen molar-refractivity contribution in [2.24, 2.45) is 0 Å². The summed E-state index contributed by atoms with van der Waals surface area (Å²) in [6.45, 7) is 0. The minimum atomic E-state index is 0.0474. The van der Waals surface area contributed by atoms with Crippen molar-refractivity contribution in [3.63, 3.8) is 0 Å². The van der Waals surface area contributed by atoms with E-state index in [9.17, 15) is 5.11 Å². The maximum atomic E-state index is 10.8. The van der Waals surface area contributed by atoms with E-state index in [0.29, 0.717) is 0 Å². The summed E-state index contributed by atoms with van der Waals surface area (Å²) in [5.74, 6) is 0.0474. The Morgan fingerprint density at radius 2 is 1.31 bits per heavy atom. The summed E-state index contributed by atoms with van der Waals surface area (Å²) in [6, 6.07) is 17.4. The van der Waals surface area contributed by atoms with Gasteiger partial charge in [-0.3, -0.25) is 5.11 Å². The van der Waals surface area contributed by atoms with E-state index in [4.69, 9.17) is 0 Å². The fraction of sp³-hybridized carbons (Fsp3) is 0. The molecule has 2 aromatic rings. The third-order valence-corrected chi connectivity index (χ3v) is 1.91. The van der Waals surface area contributed by atoms with Gasteiger partial charge in [-0.05, 0) is 29.3 Å². The van der Waals surface area contributed by atoms with E-state index in [-0.39, 0.29) is 5.75 Å². The summed E-state index contributed by atoms with van der Waals surface area (Å²) in [4.78, 5) is 0. The molecule has 2 radical (unpaired) electrons. The summed E-state index contributed by atoms with van der Waals surface area (Å²) in [5, 5.41) is 10.8. The monoisotopic (exact) mass is 168 g/mol. The molecule has 0 aliphatic heterocycles. The first kappa shape index (κ1) is 7.87. The van der Waals surface area contributed by atoms with Gasteiger partial charge in [-0.2, -0.15) is 0 Å². The molecule has 0 heterocycles. The summed E-state index contributed by atoms with van der Waals surface area (Å²) in [5.41, 5.74) is 2.17. The molecule has 2 aromatic carbocycles. The molecule has 0 atom stereocenters. The zero-order valence-corrected chi connectivity index (χ0v) is 7.03. The average Bonchev–Trinajstić information content (AvgIpc) is 2.20. The second kappa shape index (κ2) is 3.31. The Morgan fingerprint density at radius 1 is 0.769 bits per heavy atom. The van der Waals surface area contributed by atoms with Gasteiger partial charge < -0.3 is 0 Å². The van der Waals surface area contributed by atoms with Crippen LogP contribution in [0.3, 0.4) is 0 Å². The Bertz CT molecular complexity index is 376. The van der Waals surface area contributed by atoms with Crippen molar-refractivity contribution < 1.29 is 5.11 Å². The second-order valence-corrected chi connectivity index (χ2v) is 2.81. The van der Waals surface area contributed by atoms with Crippen molar-refractivity contribution in [2.75, 3.05) is 0 Å². The van der Waals surface area contributed by atoms with Crippen LogP contribution in [0, 0.1) is 6.07 Å². The molecule has 0 bridgehead atoms. The summed E-state index contributed by atoms with van der Waals surface area (Å²) in [7, 11) is 0. The third-order valence-electron chi connectivity index (χ3n) is 1.91. The molecule has 0 unspecified atom stereocenters. The van der Waals surface area contributed by atoms with Crippen LogP contribution in [-0.4, -0.2) is 0 Å². The molecule has 1 nitrogen and oxygen atoms in total. The summed E-state index contributed by atoms with van der Waals surface area (Å²) < 4.78 is 0. The third kappa shape index (κ3) is 1.70. The average molecular weight is 168 g/mol. The summed E-state index contributed by atoms with van der Waals surface area (Å²) >= 11 is 0. The van der Waals surface area contributed by atoms with Gasteiger partial charge in [-0.25, -0.2) is 0 Å². The van der Waals surface area contributed by atoms with E-state index in [1.54, 1.807) is 12.1 Å². The van der Waals surface area contributed by atoms with Crippen molar-refractivity contribution in [3.05, 3.63) is 54.6 Å². The zero-order valence-electron chi connectivity index (χ0n) is 7.03. The van der Waals surface area contributed by atoms with E-state index in [2.05, 4.69) is 6.07 Å². The van der Waals surface area contributed by atoms with E-state index in [1.165, 1.54) is 0 Å². The Hall–Kier alpha value is -1.76. The lowest BCUT2D eigenvalue weighted by Crippen LogP contribution is -1.74. The van der Waals surface area contributed by atoms with Crippen LogP contribution in [0.25, 0.3) is 11.1 Å². The van der Waals surface area contributed by atoms with Crippen LogP contribution in [0.15, 0.2) is 48.5 Å². The van der Waals surface area contributed by atoms with Crippen molar-refractivity contribution in [2.45, 2.75) is 0 Å². The quantitative estimate of drug-likeness (QED) is 0.622. The van der Waals surface area contributed by atoms with Gasteiger partial charge in [-0.15, -0.1) is 0 Å². The largest absolute Gasteiger partial charge is 0.290 e. The van der Waals surface area contributed by atoms with Gasteiger partial charge >= 0.3 is 0 Å². The second-order valence-electron chi connectivity index (χ2n) is 2.81. The predicted molar refractivity (Wildman–Crippen MR) is 50.8 cm³/mol. The zero-order chi connectivity index (χ0) is 9.10. The van der Waals surface area contributed by atoms with Crippen LogP contribution >= 0.6 is 0 Å². The number of benzene rings is 2. The molecular formula is C12H8O. The van der Waals surface area contributed by atoms with Gasteiger partial charge in [0.15, 0.2) is 5.75 Å². The molecule has 62 valence electrons. The minimum absolute atomic E-state index is 0.0474. The molecule has 13 heavy (non-hydrogen) atoms. The van der Waals surface area contributed by atoms with E-state index >= 15 is 0 Å². The molecule has 0 aliphatic carbocycles. The van der Waals surface area contributed by atoms with Crippen molar-refractivity contribution in [1.29, 1.82) is 0 Å². The molecule has 0 spiro atoms. The van der Waals surface area contributed by atoms with Crippen LogP contribution in [0.5, 0.6) is 5.75 Å². The summed E-state index contributed by atoms with van der Waals surface area (Å²) in [6.07, 6.45) is 0. The van der Waals surface area contributed by atoms with Crippen LogP contribution in [0.4, 0.5) is 0 Å². The Kier molecular flexibility index (Phi) is 2.01. The molecular weight excluding hydrogens is 160 g/mol. The molecule has 0 fully saturated rings. The van der Waals surface area contributed by atoms with Crippen LogP contribution in [0.2, 0.25) is 0 Å². The lowest BCUT2D eigenvalue weighted by molar-refractivity contribution is 0.355.